The van der Waals surface area contributed by atoms with Gasteiger partial charge in [0.05, 0.1) is 22.2 Å². The minimum Gasteiger partial charge on any atom is -0.494 e. The summed E-state index contributed by atoms with van der Waals surface area (Å²) in [5, 5.41) is 15.9. The van der Waals surface area contributed by atoms with E-state index in [0.717, 1.165) is 30.6 Å². The summed E-state index contributed by atoms with van der Waals surface area (Å²) in [5.41, 5.74) is 2.05. The monoisotopic (exact) mass is 513 g/mol. The molecule has 2 heterocycles. The van der Waals surface area contributed by atoms with Gasteiger partial charge >= 0.3 is 5.97 Å². The number of rotatable bonds is 10. The third-order valence-electron chi connectivity index (χ3n) is 5.82. The van der Waals surface area contributed by atoms with Gasteiger partial charge in [-0.1, -0.05) is 47.5 Å². The maximum atomic E-state index is 12.6. The van der Waals surface area contributed by atoms with Crippen molar-refractivity contribution in [3.05, 3.63) is 87.5 Å². The van der Waals surface area contributed by atoms with Gasteiger partial charge in [0.1, 0.15) is 17.6 Å². The van der Waals surface area contributed by atoms with Crippen molar-refractivity contribution < 1.29 is 19.4 Å². The van der Waals surface area contributed by atoms with Crippen LogP contribution >= 0.6 is 23.2 Å². The van der Waals surface area contributed by atoms with Crippen molar-refractivity contribution in [1.82, 2.24) is 10.3 Å². The summed E-state index contributed by atoms with van der Waals surface area (Å²) < 4.78 is 5.84. The highest BCUT2D eigenvalue weighted by atomic mass is 35.5. The average Bonchev–Trinajstić information content (AvgIpc) is 3.25. The predicted octanol–water partition coefficient (Wildman–Crippen LogP) is 5.01. The number of aliphatic carboxylic acids is 1. The van der Waals surface area contributed by atoms with Crippen LogP contribution in [0.2, 0.25) is 10.0 Å². The van der Waals surface area contributed by atoms with Crippen LogP contribution < -0.4 is 15.4 Å². The molecule has 2 atom stereocenters. The number of nitrogens with one attached hydrogen (secondary N) is 2. The second kappa shape index (κ2) is 11.4. The quantitative estimate of drug-likeness (QED) is 0.329. The zero-order valence-corrected chi connectivity index (χ0v) is 20.4. The number of ether oxygens (including phenoxy) is 1. The zero-order valence-electron chi connectivity index (χ0n) is 18.8. The fourth-order valence-corrected chi connectivity index (χ4v) is 4.61. The zero-order chi connectivity index (χ0) is 24.8. The molecule has 0 aliphatic carbocycles. The van der Waals surface area contributed by atoms with Crippen molar-refractivity contribution in [2.75, 3.05) is 11.9 Å². The molecule has 2 aromatic carbocycles. The van der Waals surface area contributed by atoms with Crippen LogP contribution in [0.15, 0.2) is 60.8 Å². The van der Waals surface area contributed by atoms with E-state index in [4.69, 9.17) is 27.9 Å². The maximum absolute atomic E-state index is 12.6. The number of carboxylic acid groups (broad SMARTS) is 1. The Balaban J connectivity index is 1.25. The molecule has 3 aromatic rings. The summed E-state index contributed by atoms with van der Waals surface area (Å²) in [7, 11) is 0. The van der Waals surface area contributed by atoms with Crippen LogP contribution in [-0.4, -0.2) is 40.7 Å². The van der Waals surface area contributed by atoms with E-state index in [-0.39, 0.29) is 22.0 Å². The van der Waals surface area contributed by atoms with Gasteiger partial charge in [-0.25, -0.2) is 9.78 Å². The minimum atomic E-state index is -1.15. The first kappa shape index (κ1) is 24.8. The largest absolute Gasteiger partial charge is 0.494 e. The van der Waals surface area contributed by atoms with Crippen LogP contribution in [0.4, 0.5) is 5.82 Å². The maximum Gasteiger partial charge on any atom is 0.326 e. The van der Waals surface area contributed by atoms with Gasteiger partial charge < -0.3 is 20.5 Å². The van der Waals surface area contributed by atoms with Crippen LogP contribution in [0.3, 0.4) is 0 Å². The molecule has 0 fully saturated rings. The Kier molecular flexibility index (Phi) is 8.10. The first-order chi connectivity index (χ1) is 16.9. The molecule has 1 aliphatic heterocycles. The Morgan fingerprint density at radius 1 is 1.11 bits per heavy atom. The van der Waals surface area contributed by atoms with Crippen molar-refractivity contribution >= 4 is 40.9 Å². The number of fused-ring (bicyclic) bond motifs is 1. The Bertz CT molecular complexity index is 1160. The van der Waals surface area contributed by atoms with E-state index in [2.05, 4.69) is 21.7 Å². The van der Waals surface area contributed by atoms with Crippen LogP contribution in [0, 0.1) is 0 Å². The van der Waals surface area contributed by atoms with Crippen molar-refractivity contribution in [1.29, 1.82) is 0 Å². The normalized spacial score (nSPS) is 15.1. The predicted molar refractivity (Wildman–Crippen MR) is 136 cm³/mol. The molecular formula is C26H25Cl2N3O4. The summed E-state index contributed by atoms with van der Waals surface area (Å²) in [6, 6.07) is 15.1. The van der Waals surface area contributed by atoms with Crippen molar-refractivity contribution in [3.63, 3.8) is 0 Å². The summed E-state index contributed by atoms with van der Waals surface area (Å²) >= 11 is 12.1. The topological polar surface area (TPSA) is 101 Å². The number of aromatic nitrogens is 1. The number of amides is 1. The van der Waals surface area contributed by atoms with Crippen molar-refractivity contribution in [3.8, 4) is 5.75 Å². The van der Waals surface area contributed by atoms with E-state index in [1.54, 1.807) is 36.5 Å². The average molecular weight is 514 g/mol. The van der Waals surface area contributed by atoms with Gasteiger partial charge in [0.2, 0.25) is 0 Å². The third-order valence-corrected chi connectivity index (χ3v) is 6.45. The molecule has 35 heavy (non-hydrogen) atoms. The number of carbonyl (C=O) groups excluding carboxylic acids is 1. The number of carboxylic acids is 1. The van der Waals surface area contributed by atoms with Gasteiger partial charge in [-0.05, 0) is 60.7 Å². The molecule has 0 spiro atoms. The number of pyridine rings is 1. The van der Waals surface area contributed by atoms with E-state index in [0.29, 0.717) is 18.4 Å². The fourth-order valence-electron chi connectivity index (χ4n) is 4.04. The molecule has 0 bridgehead atoms. The van der Waals surface area contributed by atoms with Gasteiger partial charge in [-0.2, -0.15) is 0 Å². The Morgan fingerprint density at radius 3 is 2.54 bits per heavy atom. The van der Waals surface area contributed by atoms with Gasteiger partial charge in [0.25, 0.3) is 5.91 Å². The van der Waals surface area contributed by atoms with E-state index >= 15 is 0 Å². The number of hydrogen-bond acceptors (Lipinski definition) is 5. The first-order valence-electron chi connectivity index (χ1n) is 11.3. The SMILES string of the molecule is O=C(N[C@@H](Cc1ccc(OCCC[C@H]2Cc3cccnc3N2)cc1)C(=O)O)c1c(Cl)cccc1Cl. The van der Waals surface area contributed by atoms with Crippen LogP contribution in [0.1, 0.15) is 34.3 Å². The van der Waals surface area contributed by atoms with Gasteiger partial charge in [-0.15, -0.1) is 0 Å². The summed E-state index contributed by atoms with van der Waals surface area (Å²) in [6.07, 6.45) is 4.74. The van der Waals surface area contributed by atoms with E-state index in [1.165, 1.54) is 17.7 Å². The molecule has 7 nitrogen and oxygen atoms in total. The number of benzene rings is 2. The number of carbonyl (C=O) groups is 2. The number of hydrogen-bond donors (Lipinski definition) is 3. The highest BCUT2D eigenvalue weighted by Crippen LogP contribution is 2.26. The first-order valence-corrected chi connectivity index (χ1v) is 12.1. The summed E-state index contributed by atoms with van der Waals surface area (Å²) in [5.74, 6) is -0.111. The lowest BCUT2D eigenvalue weighted by Gasteiger charge is -2.16. The Labute approximate surface area is 213 Å². The molecule has 0 unspecified atom stereocenters. The molecule has 0 saturated heterocycles. The highest BCUT2D eigenvalue weighted by Gasteiger charge is 2.24. The summed E-state index contributed by atoms with van der Waals surface area (Å²) in [6.45, 7) is 0.577. The standard InChI is InChI=1S/C26H25Cl2N3O4/c27-20-6-1-7-21(28)23(20)25(32)31-22(26(33)34)14-16-8-10-19(11-9-16)35-13-3-5-18-15-17-4-2-12-29-24(17)30-18/h1-2,4,6-12,18,22H,3,5,13-15H2,(H,29,30)(H,31,32)(H,33,34)/t18-,22-/m0/s1. The molecule has 0 radical (unpaired) electrons. The molecule has 182 valence electrons. The molecule has 3 N–H and O–H groups in total. The van der Waals surface area contributed by atoms with Gasteiger partial charge in [0, 0.05) is 18.7 Å². The third kappa shape index (κ3) is 6.44. The number of anilines is 1. The lowest BCUT2D eigenvalue weighted by molar-refractivity contribution is -0.139. The molecule has 1 amide bonds. The minimum absolute atomic E-state index is 0.0544. The van der Waals surface area contributed by atoms with Gasteiger partial charge in [0.15, 0.2) is 0 Å². The molecule has 4 rings (SSSR count). The fraction of sp³-hybridized carbons (Fsp3) is 0.269. The van der Waals surface area contributed by atoms with Crippen LogP contribution in [0.5, 0.6) is 5.75 Å². The van der Waals surface area contributed by atoms with Crippen LogP contribution in [-0.2, 0) is 17.6 Å². The smallest absolute Gasteiger partial charge is 0.326 e. The highest BCUT2D eigenvalue weighted by molar-refractivity contribution is 6.39. The van der Waals surface area contributed by atoms with Gasteiger partial charge in [-0.3, -0.25) is 4.79 Å². The number of nitrogens with zero attached hydrogens (tertiary/aromatic N) is 1. The van der Waals surface area contributed by atoms with Crippen molar-refractivity contribution in [2.24, 2.45) is 0 Å². The van der Waals surface area contributed by atoms with E-state index in [1.807, 2.05) is 6.07 Å². The Morgan fingerprint density at radius 2 is 1.86 bits per heavy atom. The second-order valence-corrected chi connectivity index (χ2v) is 9.17. The molecular weight excluding hydrogens is 489 g/mol. The Hall–Kier alpha value is -3.29. The molecule has 1 aliphatic rings. The second-order valence-electron chi connectivity index (χ2n) is 8.36. The molecule has 9 heteroatoms. The lowest BCUT2D eigenvalue weighted by atomic mass is 10.0. The van der Waals surface area contributed by atoms with Crippen LogP contribution in [0.25, 0.3) is 0 Å². The lowest BCUT2D eigenvalue weighted by Crippen LogP contribution is -2.42. The van der Waals surface area contributed by atoms with Crippen molar-refractivity contribution in [2.45, 2.75) is 37.8 Å². The number of halogens is 2. The molecule has 0 saturated carbocycles. The van der Waals surface area contributed by atoms with E-state index < -0.39 is 17.9 Å². The molecule has 1 aromatic heterocycles. The summed E-state index contributed by atoms with van der Waals surface area (Å²) in [4.78, 5) is 28.7. The van der Waals surface area contributed by atoms with E-state index in [9.17, 15) is 14.7 Å².